The molecule has 6 saturated carbocycles. The van der Waals surface area contributed by atoms with E-state index in [-0.39, 0.29) is 73.9 Å². The number of hydrogen-bond acceptors (Lipinski definition) is 9. The van der Waals surface area contributed by atoms with Crippen molar-refractivity contribution < 1.29 is 42.9 Å². The van der Waals surface area contributed by atoms with Crippen LogP contribution in [0.15, 0.2) is 0 Å². The maximum Gasteiger partial charge on any atom is 0.311 e. The van der Waals surface area contributed by atoms with Gasteiger partial charge < -0.3 is 23.7 Å². The Balaban J connectivity index is 0.994. The highest BCUT2D eigenvalue weighted by atomic mass is 16.6. The largest absolute Gasteiger partial charge is 0.463 e. The molecule has 1 aliphatic heterocycles. The van der Waals surface area contributed by atoms with E-state index in [1.807, 2.05) is 20.8 Å². The zero-order valence-corrected chi connectivity index (χ0v) is 26.7. The van der Waals surface area contributed by atoms with E-state index in [1.165, 1.54) is 25.7 Å². The van der Waals surface area contributed by atoms with E-state index < -0.39 is 29.3 Å². The molecule has 0 aromatic carbocycles. The lowest BCUT2D eigenvalue weighted by Crippen LogP contribution is -2.41. The summed E-state index contributed by atoms with van der Waals surface area (Å²) in [5, 5.41) is 0. The molecule has 14 unspecified atom stereocenters. The van der Waals surface area contributed by atoms with Crippen molar-refractivity contribution in [2.24, 2.45) is 70.5 Å². The number of carbonyl (C=O) groups excluding carboxylic acids is 4. The number of rotatable bonds is 13. The van der Waals surface area contributed by atoms with Crippen molar-refractivity contribution in [3.8, 4) is 0 Å². The average molecular weight is 615 g/mol. The van der Waals surface area contributed by atoms with Gasteiger partial charge in [-0.25, -0.2) is 0 Å². The minimum atomic E-state index is -0.930. The van der Waals surface area contributed by atoms with Crippen molar-refractivity contribution in [2.45, 2.75) is 103 Å². The highest BCUT2D eigenvalue weighted by Crippen LogP contribution is 2.68. The summed E-state index contributed by atoms with van der Waals surface area (Å²) in [6.45, 7) is 5.97. The van der Waals surface area contributed by atoms with Crippen LogP contribution in [0.4, 0.5) is 0 Å². The van der Waals surface area contributed by atoms with Crippen LogP contribution < -0.4 is 0 Å². The molecule has 244 valence electrons. The smallest absolute Gasteiger partial charge is 0.311 e. The van der Waals surface area contributed by atoms with Crippen LogP contribution in [0.3, 0.4) is 0 Å². The first kappa shape index (κ1) is 30.5. The summed E-state index contributed by atoms with van der Waals surface area (Å²) in [6.07, 6.45) is 7.95. The molecular weight excluding hydrogens is 564 g/mol. The molecule has 0 N–H and O–H groups in total. The second kappa shape index (κ2) is 11.6. The standard InChI is InChI=1S/C35H50O9/c1-5-17(32(37)43-29-21-13-23-24(14-21)33(38)44-30(23)29)10-22(31(36)41-9-8-40-4)16-35(2,3)34(39)42-26-15-20-12-25(26)28-19-7-6-18(11-19)27(20)28/h17-30H,5-16H2,1-4H3. The number of ether oxygens (including phenoxy) is 5. The molecule has 7 rings (SSSR count). The molecule has 7 aliphatic rings. The van der Waals surface area contributed by atoms with Crippen LogP contribution in [0, 0.1) is 70.5 Å². The third kappa shape index (κ3) is 5.07. The Morgan fingerprint density at radius 2 is 1.61 bits per heavy atom. The van der Waals surface area contributed by atoms with Gasteiger partial charge in [-0.15, -0.1) is 0 Å². The van der Waals surface area contributed by atoms with Gasteiger partial charge in [-0.2, -0.15) is 0 Å². The molecule has 6 aliphatic carbocycles. The minimum absolute atomic E-state index is 0.0242. The van der Waals surface area contributed by atoms with Gasteiger partial charge in [-0.3, -0.25) is 19.2 Å². The summed E-state index contributed by atoms with van der Waals surface area (Å²) >= 11 is 0. The Bertz CT molecular complexity index is 1160. The van der Waals surface area contributed by atoms with Gasteiger partial charge in [0.2, 0.25) is 0 Å². The Kier molecular flexibility index (Phi) is 8.02. The molecule has 7 fully saturated rings. The summed E-state index contributed by atoms with van der Waals surface area (Å²) in [7, 11) is 1.54. The zero-order chi connectivity index (χ0) is 30.9. The molecule has 0 radical (unpaired) electrons. The van der Waals surface area contributed by atoms with E-state index in [0.29, 0.717) is 24.7 Å². The maximum absolute atomic E-state index is 13.7. The number of methoxy groups -OCH3 is 1. The number of esters is 4. The Morgan fingerprint density at radius 1 is 0.864 bits per heavy atom. The van der Waals surface area contributed by atoms with Gasteiger partial charge in [0, 0.05) is 18.9 Å². The molecule has 0 amide bonds. The Hall–Kier alpha value is -2.16. The molecule has 0 aromatic rings. The van der Waals surface area contributed by atoms with Gasteiger partial charge in [-0.1, -0.05) is 6.92 Å². The highest BCUT2D eigenvalue weighted by molar-refractivity contribution is 5.80. The van der Waals surface area contributed by atoms with Gasteiger partial charge >= 0.3 is 23.9 Å². The first-order valence-corrected chi connectivity index (χ1v) is 17.4. The third-order valence-corrected chi connectivity index (χ3v) is 13.2. The van der Waals surface area contributed by atoms with Crippen LogP contribution in [0.25, 0.3) is 0 Å². The third-order valence-electron chi connectivity index (χ3n) is 13.2. The van der Waals surface area contributed by atoms with Crippen LogP contribution in [0.2, 0.25) is 0 Å². The predicted molar refractivity (Wildman–Crippen MR) is 156 cm³/mol. The first-order chi connectivity index (χ1) is 21.1. The van der Waals surface area contributed by atoms with Crippen molar-refractivity contribution >= 4 is 23.9 Å². The van der Waals surface area contributed by atoms with Crippen LogP contribution in [0.1, 0.15) is 85.0 Å². The van der Waals surface area contributed by atoms with Gasteiger partial charge in [-0.05, 0) is 114 Å². The van der Waals surface area contributed by atoms with Gasteiger partial charge in [0.15, 0.2) is 0 Å². The summed E-state index contributed by atoms with van der Waals surface area (Å²) in [6, 6.07) is 0. The van der Waals surface area contributed by atoms with Crippen molar-refractivity contribution in [1.82, 2.24) is 0 Å². The van der Waals surface area contributed by atoms with E-state index in [0.717, 1.165) is 36.5 Å². The van der Waals surface area contributed by atoms with E-state index in [4.69, 9.17) is 23.7 Å². The maximum atomic E-state index is 13.7. The summed E-state index contributed by atoms with van der Waals surface area (Å²) in [5.41, 5.74) is -0.930. The Labute approximate surface area is 260 Å². The molecule has 44 heavy (non-hydrogen) atoms. The van der Waals surface area contributed by atoms with Crippen molar-refractivity contribution in [2.75, 3.05) is 20.3 Å². The predicted octanol–water partition coefficient (Wildman–Crippen LogP) is 4.73. The van der Waals surface area contributed by atoms with Crippen molar-refractivity contribution in [3.05, 3.63) is 0 Å². The highest BCUT2D eigenvalue weighted by Gasteiger charge is 2.64. The molecule has 0 spiro atoms. The number of hydrogen-bond donors (Lipinski definition) is 0. The zero-order valence-electron chi connectivity index (χ0n) is 26.7. The number of fused-ring (bicyclic) bond motifs is 10. The van der Waals surface area contributed by atoms with Gasteiger partial charge in [0.05, 0.1) is 29.8 Å². The lowest BCUT2D eigenvalue weighted by atomic mass is 9.70. The van der Waals surface area contributed by atoms with E-state index in [9.17, 15) is 19.2 Å². The van der Waals surface area contributed by atoms with Crippen LogP contribution in [-0.4, -0.2) is 62.5 Å². The van der Waals surface area contributed by atoms with E-state index in [2.05, 4.69) is 0 Å². The summed E-state index contributed by atoms with van der Waals surface area (Å²) < 4.78 is 28.5. The second-order valence-electron chi connectivity index (χ2n) is 15.9. The second-order valence-corrected chi connectivity index (χ2v) is 15.9. The molecule has 1 saturated heterocycles. The fraction of sp³-hybridized carbons (Fsp3) is 0.886. The lowest BCUT2D eigenvalue weighted by molar-refractivity contribution is -0.169. The van der Waals surface area contributed by atoms with Gasteiger partial charge in [0.1, 0.15) is 24.9 Å². The fourth-order valence-electron chi connectivity index (χ4n) is 11.3. The summed E-state index contributed by atoms with van der Waals surface area (Å²) in [5.74, 6) is 2.21. The van der Waals surface area contributed by atoms with E-state index in [1.54, 1.807) is 7.11 Å². The lowest BCUT2D eigenvalue weighted by Gasteiger charge is -2.39. The normalized spacial score (nSPS) is 41.9. The van der Waals surface area contributed by atoms with Gasteiger partial charge in [0.25, 0.3) is 0 Å². The molecule has 9 heteroatoms. The number of carbonyl (C=O) groups is 4. The average Bonchev–Trinajstić information content (AvgIpc) is 3.84. The summed E-state index contributed by atoms with van der Waals surface area (Å²) in [4.78, 5) is 52.8. The van der Waals surface area contributed by atoms with Crippen molar-refractivity contribution in [1.29, 1.82) is 0 Å². The monoisotopic (exact) mass is 614 g/mol. The fourth-order valence-corrected chi connectivity index (χ4v) is 11.3. The topological polar surface area (TPSA) is 114 Å². The molecule has 6 bridgehead atoms. The van der Waals surface area contributed by atoms with Crippen LogP contribution in [-0.2, 0) is 42.9 Å². The quantitative estimate of drug-likeness (QED) is 0.126. The van der Waals surface area contributed by atoms with Crippen LogP contribution in [0.5, 0.6) is 0 Å². The minimum Gasteiger partial charge on any atom is -0.463 e. The molecule has 9 nitrogen and oxygen atoms in total. The van der Waals surface area contributed by atoms with Crippen molar-refractivity contribution in [3.63, 3.8) is 0 Å². The molecular formula is C35H50O9. The van der Waals surface area contributed by atoms with E-state index >= 15 is 0 Å². The Morgan fingerprint density at radius 3 is 2.36 bits per heavy atom. The molecule has 14 atom stereocenters. The van der Waals surface area contributed by atoms with Crippen LogP contribution >= 0.6 is 0 Å². The molecule has 1 heterocycles. The molecule has 0 aromatic heterocycles. The first-order valence-electron chi connectivity index (χ1n) is 17.4. The SMILES string of the molecule is CCC(CC(CC(C)(C)C(=O)OC1CC2CC1C1C3CCC(C3)C21)C(=O)OCCOC)C(=O)OC1C2CC3C(=O)OC1C3C2.